The van der Waals surface area contributed by atoms with E-state index in [0.717, 1.165) is 27.9 Å². The molecule has 4 rings (SSSR count). The normalized spacial score (nSPS) is 18.4. The first-order valence-corrected chi connectivity index (χ1v) is 9.59. The number of carbonyl (C=O) groups is 1. The summed E-state index contributed by atoms with van der Waals surface area (Å²) in [6.07, 6.45) is 4.59. The van der Waals surface area contributed by atoms with Crippen LogP contribution in [0.5, 0.6) is 0 Å². The zero-order valence-electron chi connectivity index (χ0n) is 12.6. The number of carbonyl (C=O) groups excluding carboxylic acids is 1. The van der Waals surface area contributed by atoms with E-state index in [1.54, 1.807) is 0 Å². The minimum atomic E-state index is -0.279. The maximum absolute atomic E-state index is 12.6. The molecule has 2 saturated carbocycles. The average molecular weight is 346 g/mol. The van der Waals surface area contributed by atoms with Crippen molar-refractivity contribution >= 4 is 34.1 Å². The first-order valence-electron chi connectivity index (χ1n) is 7.90. The Bertz CT molecular complexity index is 682. The average Bonchev–Trinajstić information content (AvgIpc) is 3.48. The molecule has 2 aromatic rings. The highest BCUT2D eigenvalue weighted by atomic mass is 32.2. The Kier molecular flexibility index (Phi) is 4.22. The lowest BCUT2D eigenvalue weighted by Crippen LogP contribution is -2.29. The number of aromatic nitrogens is 2. The van der Waals surface area contributed by atoms with E-state index >= 15 is 0 Å². The summed E-state index contributed by atoms with van der Waals surface area (Å²) in [5.41, 5.74) is 1.00. The van der Waals surface area contributed by atoms with Gasteiger partial charge < -0.3 is 10.6 Å². The highest BCUT2D eigenvalue weighted by molar-refractivity contribution is 8.01. The summed E-state index contributed by atoms with van der Waals surface area (Å²) in [5.74, 6) is 0.0654. The molecule has 1 amide bonds. The van der Waals surface area contributed by atoms with Crippen LogP contribution >= 0.6 is 23.1 Å². The summed E-state index contributed by atoms with van der Waals surface area (Å²) in [6, 6.07) is 10.8. The van der Waals surface area contributed by atoms with Crippen molar-refractivity contribution in [3.05, 3.63) is 35.9 Å². The third-order valence-electron chi connectivity index (χ3n) is 3.79. The maximum atomic E-state index is 12.6. The van der Waals surface area contributed by atoms with E-state index in [1.165, 1.54) is 35.9 Å². The smallest absolute Gasteiger partial charge is 0.238 e. The van der Waals surface area contributed by atoms with Gasteiger partial charge >= 0.3 is 0 Å². The molecule has 2 N–H and O–H groups in total. The van der Waals surface area contributed by atoms with E-state index in [1.807, 2.05) is 30.3 Å². The van der Waals surface area contributed by atoms with Gasteiger partial charge in [-0.2, -0.15) is 0 Å². The van der Waals surface area contributed by atoms with E-state index in [0.29, 0.717) is 12.1 Å². The molecular weight excluding hydrogens is 328 g/mol. The number of benzene rings is 1. The fourth-order valence-electron chi connectivity index (χ4n) is 2.22. The molecule has 2 fully saturated rings. The molecular formula is C16H18N4OS2. The molecule has 23 heavy (non-hydrogen) atoms. The van der Waals surface area contributed by atoms with Crippen LogP contribution in [0.2, 0.25) is 0 Å². The summed E-state index contributed by atoms with van der Waals surface area (Å²) in [7, 11) is 0. The Morgan fingerprint density at radius 3 is 2.57 bits per heavy atom. The molecule has 1 aromatic heterocycles. The number of anilines is 1. The third-order valence-corrected chi connectivity index (χ3v) is 5.99. The lowest BCUT2D eigenvalue weighted by molar-refractivity contribution is -0.120. The summed E-state index contributed by atoms with van der Waals surface area (Å²) < 4.78 is 0.827. The van der Waals surface area contributed by atoms with Crippen LogP contribution in [0.1, 0.15) is 36.5 Å². The molecule has 2 aliphatic carbocycles. The molecule has 0 radical (unpaired) electrons. The van der Waals surface area contributed by atoms with Gasteiger partial charge in [0.25, 0.3) is 0 Å². The monoisotopic (exact) mass is 346 g/mol. The number of rotatable bonds is 7. The molecule has 1 heterocycles. The predicted octanol–water partition coefficient (Wildman–Crippen LogP) is 3.22. The molecule has 1 atom stereocenters. The summed E-state index contributed by atoms with van der Waals surface area (Å²) >= 11 is 3.01. The summed E-state index contributed by atoms with van der Waals surface area (Å²) in [5, 5.41) is 15.4. The van der Waals surface area contributed by atoms with Gasteiger partial charge in [-0.15, -0.1) is 10.2 Å². The van der Waals surface area contributed by atoms with E-state index in [4.69, 9.17) is 0 Å². The van der Waals surface area contributed by atoms with Crippen molar-refractivity contribution in [3.63, 3.8) is 0 Å². The molecule has 7 heteroatoms. The Labute approximate surface area is 143 Å². The number of hydrogen-bond donors (Lipinski definition) is 2. The van der Waals surface area contributed by atoms with Crippen molar-refractivity contribution in [2.45, 2.75) is 47.4 Å². The molecule has 120 valence electrons. The summed E-state index contributed by atoms with van der Waals surface area (Å²) in [6.45, 7) is 0. The zero-order chi connectivity index (χ0) is 15.6. The van der Waals surface area contributed by atoms with Gasteiger partial charge in [-0.3, -0.25) is 4.79 Å². The Morgan fingerprint density at radius 1 is 1.13 bits per heavy atom. The van der Waals surface area contributed by atoms with E-state index in [-0.39, 0.29) is 11.2 Å². The fraction of sp³-hybridized carbons (Fsp3) is 0.438. The molecule has 0 saturated heterocycles. The fourth-order valence-corrected chi connectivity index (χ4v) is 4.25. The van der Waals surface area contributed by atoms with E-state index in [9.17, 15) is 4.79 Å². The minimum absolute atomic E-state index is 0.0654. The van der Waals surface area contributed by atoms with E-state index in [2.05, 4.69) is 20.8 Å². The molecule has 0 spiro atoms. The van der Waals surface area contributed by atoms with Gasteiger partial charge in [0.1, 0.15) is 5.25 Å². The first-order chi connectivity index (χ1) is 11.3. The van der Waals surface area contributed by atoms with Crippen molar-refractivity contribution < 1.29 is 4.79 Å². The summed E-state index contributed by atoms with van der Waals surface area (Å²) in [4.78, 5) is 12.6. The van der Waals surface area contributed by atoms with Gasteiger partial charge in [0.15, 0.2) is 4.34 Å². The lowest BCUT2D eigenvalue weighted by atomic mass is 10.1. The van der Waals surface area contributed by atoms with Crippen LogP contribution in [-0.4, -0.2) is 28.2 Å². The topological polar surface area (TPSA) is 66.9 Å². The van der Waals surface area contributed by atoms with Crippen molar-refractivity contribution in [1.29, 1.82) is 0 Å². The van der Waals surface area contributed by atoms with Gasteiger partial charge in [0.2, 0.25) is 11.0 Å². The number of hydrogen-bond acceptors (Lipinski definition) is 6. The third kappa shape index (κ3) is 4.03. The van der Waals surface area contributed by atoms with Crippen LogP contribution in [0.3, 0.4) is 0 Å². The molecule has 2 aliphatic rings. The van der Waals surface area contributed by atoms with Gasteiger partial charge in [0.05, 0.1) is 0 Å². The molecule has 5 nitrogen and oxygen atoms in total. The molecule has 1 aromatic carbocycles. The quantitative estimate of drug-likeness (QED) is 0.754. The lowest BCUT2D eigenvalue weighted by Gasteiger charge is -2.15. The van der Waals surface area contributed by atoms with Crippen molar-refractivity contribution in [2.24, 2.45) is 0 Å². The predicted molar refractivity (Wildman–Crippen MR) is 92.8 cm³/mol. The highest BCUT2D eigenvalue weighted by Crippen LogP contribution is 2.39. The van der Waals surface area contributed by atoms with Gasteiger partial charge in [-0.25, -0.2) is 0 Å². The van der Waals surface area contributed by atoms with Gasteiger partial charge in [-0.1, -0.05) is 53.4 Å². The number of nitrogens with zero attached hydrogens (tertiary/aromatic N) is 2. The molecule has 0 bridgehead atoms. The second kappa shape index (κ2) is 6.49. The molecule has 1 unspecified atom stereocenters. The Morgan fingerprint density at radius 2 is 1.87 bits per heavy atom. The first kappa shape index (κ1) is 15.0. The second-order valence-corrected chi connectivity index (χ2v) is 8.31. The minimum Gasteiger partial charge on any atom is -0.357 e. The Hall–Kier alpha value is -1.60. The van der Waals surface area contributed by atoms with Crippen molar-refractivity contribution in [2.75, 3.05) is 5.32 Å². The SMILES string of the molecule is O=C(NC1CC1)C(Sc1nnc(NC2CC2)s1)c1ccccc1. The highest BCUT2D eigenvalue weighted by Gasteiger charge is 2.30. The van der Waals surface area contributed by atoms with Crippen LogP contribution in [0.15, 0.2) is 34.7 Å². The standard InChI is InChI=1S/C16H18N4OS2/c21-14(17-11-6-7-11)13(10-4-2-1-3-5-10)22-16-20-19-15(23-16)18-12-8-9-12/h1-5,11-13H,6-9H2,(H,17,21)(H,18,19). The van der Waals surface area contributed by atoms with Gasteiger partial charge in [-0.05, 0) is 31.2 Å². The van der Waals surface area contributed by atoms with Crippen LogP contribution in [-0.2, 0) is 4.79 Å². The van der Waals surface area contributed by atoms with Crippen LogP contribution in [0.25, 0.3) is 0 Å². The second-order valence-electron chi connectivity index (χ2n) is 5.98. The van der Waals surface area contributed by atoms with Crippen LogP contribution < -0.4 is 10.6 Å². The Balaban J connectivity index is 1.49. The largest absolute Gasteiger partial charge is 0.357 e. The van der Waals surface area contributed by atoms with Crippen molar-refractivity contribution in [3.8, 4) is 0 Å². The van der Waals surface area contributed by atoms with Crippen molar-refractivity contribution in [1.82, 2.24) is 15.5 Å². The number of nitrogens with one attached hydrogen (secondary N) is 2. The zero-order valence-corrected chi connectivity index (χ0v) is 14.2. The van der Waals surface area contributed by atoms with Crippen LogP contribution in [0, 0.1) is 0 Å². The maximum Gasteiger partial charge on any atom is 0.238 e. The number of thioether (sulfide) groups is 1. The van der Waals surface area contributed by atoms with Gasteiger partial charge in [0, 0.05) is 12.1 Å². The van der Waals surface area contributed by atoms with Crippen LogP contribution in [0.4, 0.5) is 5.13 Å². The van der Waals surface area contributed by atoms with E-state index < -0.39 is 0 Å². The number of amides is 1. The molecule has 0 aliphatic heterocycles.